The van der Waals surface area contributed by atoms with E-state index in [0.717, 1.165) is 23.6 Å². The van der Waals surface area contributed by atoms with Crippen molar-refractivity contribution in [3.05, 3.63) is 48.0 Å². The molecule has 0 spiro atoms. The molecule has 6 nitrogen and oxygen atoms in total. The molecule has 1 saturated carbocycles. The summed E-state index contributed by atoms with van der Waals surface area (Å²) >= 11 is 0. The van der Waals surface area contributed by atoms with Crippen molar-refractivity contribution >= 4 is 22.6 Å². The summed E-state index contributed by atoms with van der Waals surface area (Å²) in [6.07, 6.45) is 2.15. The normalized spacial score (nSPS) is 36.5. The summed E-state index contributed by atoms with van der Waals surface area (Å²) in [7, 11) is 0. The number of hydrogen-bond donors (Lipinski definition) is 2. The molecule has 2 saturated heterocycles. The Morgan fingerprint density at radius 3 is 2.62 bits per heavy atom. The van der Waals surface area contributed by atoms with Crippen molar-refractivity contribution in [1.82, 2.24) is 5.32 Å². The Morgan fingerprint density at radius 2 is 1.91 bits per heavy atom. The summed E-state index contributed by atoms with van der Waals surface area (Å²) in [6.45, 7) is 7.99. The third-order valence-corrected chi connectivity index (χ3v) is 8.92. The quantitative estimate of drug-likeness (QED) is 0.650. The number of aliphatic hydroxyl groups is 1. The fraction of sp³-hybridized carbons (Fsp3) is 0.571. The van der Waals surface area contributed by atoms with Gasteiger partial charge in [-0.15, -0.1) is 0 Å². The molecule has 2 heterocycles. The number of ether oxygens (including phenoxy) is 2. The second-order valence-electron chi connectivity index (χ2n) is 11.0. The molecule has 2 aromatic rings. The van der Waals surface area contributed by atoms with Crippen LogP contribution in [0.1, 0.15) is 57.3 Å². The van der Waals surface area contributed by atoms with Crippen molar-refractivity contribution < 1.29 is 24.2 Å². The first kappa shape index (κ1) is 23.3. The predicted molar refractivity (Wildman–Crippen MR) is 129 cm³/mol. The first-order valence-corrected chi connectivity index (χ1v) is 12.5. The van der Waals surface area contributed by atoms with Gasteiger partial charge in [0.2, 0.25) is 5.91 Å². The number of benzene rings is 2. The van der Waals surface area contributed by atoms with Crippen LogP contribution in [-0.4, -0.2) is 46.9 Å². The van der Waals surface area contributed by atoms with E-state index in [0.29, 0.717) is 17.9 Å². The molecular weight excluding hydrogens is 430 g/mol. The monoisotopic (exact) mass is 465 g/mol. The van der Waals surface area contributed by atoms with E-state index in [-0.39, 0.29) is 29.8 Å². The van der Waals surface area contributed by atoms with Gasteiger partial charge in [-0.25, -0.2) is 4.79 Å². The SMILES string of the molecule is CC(C)C12C[C@@H](NC(=O)CO)C(C)(O1)C1CC[C@@H](C)[C@H]1[C@@H]2OC(=O)c1ccc2ccccc2c1. The summed E-state index contributed by atoms with van der Waals surface area (Å²) < 4.78 is 13.3. The first-order valence-electron chi connectivity index (χ1n) is 12.5. The zero-order chi connectivity index (χ0) is 24.3. The minimum atomic E-state index is -0.700. The molecule has 182 valence electrons. The molecule has 7 atom stereocenters. The summed E-state index contributed by atoms with van der Waals surface area (Å²) in [5.41, 5.74) is -0.721. The Kier molecular flexibility index (Phi) is 5.72. The lowest BCUT2D eigenvalue weighted by Crippen LogP contribution is -2.63. The lowest BCUT2D eigenvalue weighted by Gasteiger charge is -2.53. The van der Waals surface area contributed by atoms with Crippen LogP contribution < -0.4 is 5.32 Å². The van der Waals surface area contributed by atoms with Crippen LogP contribution >= 0.6 is 0 Å². The van der Waals surface area contributed by atoms with Crippen molar-refractivity contribution in [3.8, 4) is 0 Å². The first-order chi connectivity index (χ1) is 16.2. The van der Waals surface area contributed by atoms with Gasteiger partial charge >= 0.3 is 5.97 Å². The summed E-state index contributed by atoms with van der Waals surface area (Å²) in [6, 6.07) is 13.4. The molecule has 3 fully saturated rings. The van der Waals surface area contributed by atoms with Gasteiger partial charge in [0, 0.05) is 12.3 Å². The van der Waals surface area contributed by atoms with E-state index in [1.165, 1.54) is 0 Å². The maximum absolute atomic E-state index is 13.5. The van der Waals surface area contributed by atoms with Crippen LogP contribution in [0.3, 0.4) is 0 Å². The van der Waals surface area contributed by atoms with E-state index in [1.807, 2.05) is 42.5 Å². The molecule has 2 aliphatic heterocycles. The highest BCUT2D eigenvalue weighted by molar-refractivity contribution is 5.95. The van der Waals surface area contributed by atoms with Gasteiger partial charge in [0.15, 0.2) is 0 Å². The number of amides is 1. The number of hydrogen-bond acceptors (Lipinski definition) is 5. The third kappa shape index (κ3) is 3.45. The molecule has 0 aromatic heterocycles. The number of esters is 1. The Hall–Kier alpha value is -2.44. The van der Waals surface area contributed by atoms with Gasteiger partial charge < -0.3 is 19.9 Å². The lowest BCUT2D eigenvalue weighted by molar-refractivity contribution is -0.252. The summed E-state index contributed by atoms with van der Waals surface area (Å²) in [5.74, 6) is 0.0492. The van der Waals surface area contributed by atoms with E-state index in [9.17, 15) is 14.7 Å². The number of carbonyl (C=O) groups is 2. The number of carbonyl (C=O) groups excluding carboxylic acids is 2. The average molecular weight is 466 g/mol. The van der Waals surface area contributed by atoms with E-state index < -0.39 is 29.8 Å². The largest absolute Gasteiger partial charge is 0.455 e. The minimum absolute atomic E-state index is 0.0750. The molecule has 2 aromatic carbocycles. The molecule has 1 amide bonds. The maximum Gasteiger partial charge on any atom is 0.338 e. The molecule has 6 heteroatoms. The summed E-state index contributed by atoms with van der Waals surface area (Å²) in [4.78, 5) is 25.7. The number of nitrogens with one attached hydrogen (secondary N) is 1. The van der Waals surface area contributed by atoms with Crippen LogP contribution in [0.25, 0.3) is 10.8 Å². The molecule has 3 aliphatic rings. The Morgan fingerprint density at radius 1 is 1.18 bits per heavy atom. The highest BCUT2D eigenvalue weighted by atomic mass is 16.6. The molecular formula is C28H35NO5. The Balaban J connectivity index is 1.52. The van der Waals surface area contributed by atoms with Crippen molar-refractivity contribution in [2.75, 3.05) is 6.61 Å². The highest BCUT2D eigenvalue weighted by Gasteiger charge is 2.71. The van der Waals surface area contributed by atoms with Crippen LogP contribution in [0.2, 0.25) is 0 Å². The molecule has 3 unspecified atom stereocenters. The topological polar surface area (TPSA) is 84.9 Å². The number of fused-ring (bicyclic) bond motifs is 5. The molecule has 34 heavy (non-hydrogen) atoms. The van der Waals surface area contributed by atoms with Gasteiger partial charge in [-0.1, -0.05) is 51.1 Å². The molecule has 2 N–H and O–H groups in total. The van der Waals surface area contributed by atoms with Gasteiger partial charge in [-0.3, -0.25) is 4.79 Å². The predicted octanol–water partition coefficient (Wildman–Crippen LogP) is 4.09. The van der Waals surface area contributed by atoms with Crippen molar-refractivity contribution in [1.29, 1.82) is 0 Å². The molecule has 2 bridgehead atoms. The van der Waals surface area contributed by atoms with Crippen molar-refractivity contribution in [3.63, 3.8) is 0 Å². The van der Waals surface area contributed by atoms with Crippen LogP contribution in [-0.2, 0) is 14.3 Å². The number of rotatable bonds is 5. The zero-order valence-corrected chi connectivity index (χ0v) is 20.4. The van der Waals surface area contributed by atoms with Gasteiger partial charge in [0.1, 0.15) is 18.3 Å². The van der Waals surface area contributed by atoms with Crippen LogP contribution in [0.5, 0.6) is 0 Å². The number of aliphatic hydroxyl groups excluding tert-OH is 1. The second kappa shape index (κ2) is 8.35. The van der Waals surface area contributed by atoms with E-state index in [2.05, 4.69) is 33.0 Å². The van der Waals surface area contributed by atoms with Gasteiger partial charge in [0.25, 0.3) is 0 Å². The maximum atomic E-state index is 13.5. The fourth-order valence-electron chi connectivity index (χ4n) is 7.07. The van der Waals surface area contributed by atoms with E-state index in [1.54, 1.807) is 0 Å². The average Bonchev–Trinajstić information content (AvgIpc) is 3.34. The van der Waals surface area contributed by atoms with E-state index >= 15 is 0 Å². The smallest absolute Gasteiger partial charge is 0.338 e. The van der Waals surface area contributed by atoms with Crippen molar-refractivity contribution in [2.45, 2.75) is 70.3 Å². The van der Waals surface area contributed by atoms with E-state index in [4.69, 9.17) is 9.47 Å². The molecule has 1 aliphatic carbocycles. The van der Waals surface area contributed by atoms with Crippen LogP contribution in [0.15, 0.2) is 42.5 Å². The van der Waals surface area contributed by atoms with Crippen molar-refractivity contribution in [2.24, 2.45) is 23.7 Å². The highest BCUT2D eigenvalue weighted by Crippen LogP contribution is 2.62. The second-order valence-corrected chi connectivity index (χ2v) is 11.0. The van der Waals surface area contributed by atoms with Gasteiger partial charge in [-0.2, -0.15) is 0 Å². The lowest BCUT2D eigenvalue weighted by atomic mass is 9.69. The molecule has 0 radical (unpaired) electrons. The standard InChI is InChI=1S/C28H35NO5/c1-16(2)28-14-22(29-23(31)15-30)27(4,34-28)21-12-9-17(3)24(21)25(28)33-26(32)20-11-10-18-7-5-6-8-19(18)13-20/h5-8,10-11,13,16-17,21-22,24-25,30H,9,12,14-15H2,1-4H3,(H,29,31)/t17-,21?,22-,24-,25+,27?,28?/m1/s1. The fourth-order valence-corrected chi connectivity index (χ4v) is 7.07. The third-order valence-electron chi connectivity index (χ3n) is 8.92. The van der Waals surface area contributed by atoms with Crippen LogP contribution in [0.4, 0.5) is 0 Å². The Bertz CT molecular complexity index is 1110. The summed E-state index contributed by atoms with van der Waals surface area (Å²) in [5, 5.41) is 14.5. The van der Waals surface area contributed by atoms with Gasteiger partial charge in [-0.05, 0) is 60.4 Å². The minimum Gasteiger partial charge on any atom is -0.455 e. The Labute approximate surface area is 201 Å². The molecule has 5 rings (SSSR count). The van der Waals surface area contributed by atoms with Gasteiger partial charge in [0.05, 0.1) is 17.2 Å². The van der Waals surface area contributed by atoms with Crippen LogP contribution in [0, 0.1) is 23.7 Å². The zero-order valence-electron chi connectivity index (χ0n) is 20.4.